The van der Waals surface area contributed by atoms with Gasteiger partial charge in [-0.05, 0) is 24.6 Å². The second-order valence-electron chi connectivity index (χ2n) is 5.83. The van der Waals surface area contributed by atoms with Crippen molar-refractivity contribution in [2.45, 2.75) is 19.0 Å². The van der Waals surface area contributed by atoms with Crippen LogP contribution in [0.3, 0.4) is 0 Å². The van der Waals surface area contributed by atoms with Gasteiger partial charge in [0.2, 0.25) is 0 Å². The molecule has 0 spiro atoms. The summed E-state index contributed by atoms with van der Waals surface area (Å²) in [6.07, 6.45) is 0. The number of nitrogens with one attached hydrogen (secondary N) is 2. The van der Waals surface area contributed by atoms with E-state index in [1.807, 2.05) is 6.07 Å². The fourth-order valence-electron chi connectivity index (χ4n) is 2.91. The van der Waals surface area contributed by atoms with Crippen molar-refractivity contribution in [2.75, 3.05) is 39.4 Å². The number of guanidine groups is 1. The van der Waals surface area contributed by atoms with Gasteiger partial charge in [-0.2, -0.15) is 0 Å². The molecule has 2 atom stereocenters. The first-order valence-corrected chi connectivity index (χ1v) is 7.84. The third-order valence-electron chi connectivity index (χ3n) is 4.09. The number of nitrogens with zero attached hydrogens (tertiary/aromatic N) is 2. The van der Waals surface area contributed by atoms with Gasteiger partial charge in [-0.3, -0.25) is 9.89 Å². The Morgan fingerprint density at radius 1 is 1.45 bits per heavy atom. The molecular weight excluding hydrogens is 283 g/mol. The Kier molecular flexibility index (Phi) is 4.90. The highest BCUT2D eigenvalue weighted by molar-refractivity contribution is 5.81. The number of aliphatic imine (C=N–C) groups is 1. The van der Waals surface area contributed by atoms with Crippen molar-refractivity contribution in [3.05, 3.63) is 35.6 Å². The molecule has 2 aliphatic rings. The Hall–Kier alpha value is -1.66. The monoisotopic (exact) mass is 306 g/mol. The summed E-state index contributed by atoms with van der Waals surface area (Å²) >= 11 is 0. The Morgan fingerprint density at radius 3 is 2.95 bits per heavy atom. The van der Waals surface area contributed by atoms with E-state index >= 15 is 0 Å². The molecule has 0 aromatic heterocycles. The quantitative estimate of drug-likeness (QED) is 0.876. The van der Waals surface area contributed by atoms with Crippen molar-refractivity contribution in [3.63, 3.8) is 0 Å². The zero-order chi connectivity index (χ0) is 15.4. The average molecular weight is 306 g/mol. The van der Waals surface area contributed by atoms with Gasteiger partial charge in [0.05, 0.1) is 25.8 Å². The summed E-state index contributed by atoms with van der Waals surface area (Å²) in [7, 11) is 0. The van der Waals surface area contributed by atoms with Crippen molar-refractivity contribution in [3.8, 4) is 0 Å². The van der Waals surface area contributed by atoms with Crippen LogP contribution in [-0.4, -0.2) is 56.3 Å². The molecule has 1 fully saturated rings. The lowest BCUT2D eigenvalue weighted by Crippen LogP contribution is -2.46. The van der Waals surface area contributed by atoms with Crippen molar-refractivity contribution in [2.24, 2.45) is 4.99 Å². The van der Waals surface area contributed by atoms with E-state index in [0.29, 0.717) is 12.6 Å². The minimum absolute atomic E-state index is 0.111. The van der Waals surface area contributed by atoms with Crippen LogP contribution in [0.1, 0.15) is 18.5 Å². The van der Waals surface area contributed by atoms with Gasteiger partial charge in [-0.25, -0.2) is 4.39 Å². The first kappa shape index (κ1) is 15.2. The second kappa shape index (κ2) is 7.07. The standard InChI is InChI=1S/C16H23FN4O/c1-12-10-18-16(20-12)19-11-15(21-5-7-22-8-6-21)13-3-2-4-14(17)9-13/h2-4,9,12,15H,5-8,10-11H2,1H3,(H2,18,19,20). The summed E-state index contributed by atoms with van der Waals surface area (Å²) in [5.74, 6) is 0.642. The minimum Gasteiger partial charge on any atom is -0.379 e. The fraction of sp³-hybridized carbons (Fsp3) is 0.562. The van der Waals surface area contributed by atoms with E-state index in [4.69, 9.17) is 4.74 Å². The summed E-state index contributed by atoms with van der Waals surface area (Å²) in [4.78, 5) is 6.76. The number of halogens is 1. The number of hydrogen-bond donors (Lipinski definition) is 2. The van der Waals surface area contributed by atoms with Gasteiger partial charge < -0.3 is 15.4 Å². The Morgan fingerprint density at radius 2 is 2.27 bits per heavy atom. The summed E-state index contributed by atoms with van der Waals surface area (Å²) < 4.78 is 19.0. The maximum absolute atomic E-state index is 13.6. The molecule has 2 unspecified atom stereocenters. The smallest absolute Gasteiger partial charge is 0.191 e. The number of hydrogen-bond acceptors (Lipinski definition) is 5. The summed E-state index contributed by atoms with van der Waals surface area (Å²) in [5, 5.41) is 6.66. The van der Waals surface area contributed by atoms with E-state index < -0.39 is 0 Å². The van der Waals surface area contributed by atoms with Gasteiger partial charge in [0.25, 0.3) is 0 Å². The Bertz CT molecular complexity index is 531. The van der Waals surface area contributed by atoms with Crippen LogP contribution in [0.5, 0.6) is 0 Å². The van der Waals surface area contributed by atoms with Crippen molar-refractivity contribution in [1.82, 2.24) is 15.5 Å². The lowest BCUT2D eigenvalue weighted by molar-refractivity contribution is 0.0169. The van der Waals surface area contributed by atoms with Crippen LogP contribution in [0.2, 0.25) is 0 Å². The molecule has 5 nitrogen and oxygen atoms in total. The molecule has 0 aliphatic carbocycles. The molecule has 0 saturated carbocycles. The molecule has 1 aromatic rings. The minimum atomic E-state index is -0.194. The zero-order valence-electron chi connectivity index (χ0n) is 12.9. The van der Waals surface area contributed by atoms with Crippen LogP contribution in [-0.2, 0) is 4.74 Å². The third kappa shape index (κ3) is 3.75. The van der Waals surface area contributed by atoms with E-state index in [0.717, 1.165) is 44.4 Å². The van der Waals surface area contributed by atoms with Gasteiger partial charge in [0.1, 0.15) is 5.82 Å². The molecule has 0 amide bonds. The van der Waals surface area contributed by atoms with Gasteiger partial charge in [0.15, 0.2) is 5.96 Å². The molecule has 120 valence electrons. The maximum atomic E-state index is 13.6. The molecule has 2 N–H and O–H groups in total. The lowest BCUT2D eigenvalue weighted by Gasteiger charge is -2.35. The number of ether oxygens (including phenoxy) is 1. The predicted octanol–water partition coefficient (Wildman–Crippen LogP) is 1.14. The first-order chi connectivity index (χ1) is 10.7. The first-order valence-electron chi connectivity index (χ1n) is 7.84. The summed E-state index contributed by atoms with van der Waals surface area (Å²) in [6.45, 7) is 6.76. The summed E-state index contributed by atoms with van der Waals surface area (Å²) in [5.41, 5.74) is 0.987. The predicted molar refractivity (Wildman–Crippen MR) is 84.4 cm³/mol. The van der Waals surface area contributed by atoms with Crippen LogP contribution < -0.4 is 10.6 Å². The molecule has 1 aromatic carbocycles. The number of morpholine rings is 1. The topological polar surface area (TPSA) is 48.9 Å². The molecule has 2 heterocycles. The van der Waals surface area contributed by atoms with E-state index in [9.17, 15) is 4.39 Å². The fourth-order valence-corrected chi connectivity index (χ4v) is 2.91. The third-order valence-corrected chi connectivity index (χ3v) is 4.09. The Balaban J connectivity index is 1.70. The van der Waals surface area contributed by atoms with E-state index in [2.05, 4.69) is 27.4 Å². The highest BCUT2D eigenvalue weighted by atomic mass is 19.1. The van der Waals surface area contributed by atoms with Crippen LogP contribution in [0.25, 0.3) is 0 Å². The summed E-state index contributed by atoms with van der Waals surface area (Å²) in [6, 6.07) is 7.34. The van der Waals surface area contributed by atoms with Gasteiger partial charge >= 0.3 is 0 Å². The molecule has 1 saturated heterocycles. The van der Waals surface area contributed by atoms with E-state index in [1.54, 1.807) is 12.1 Å². The molecular formula is C16H23FN4O. The van der Waals surface area contributed by atoms with Crippen LogP contribution in [0.4, 0.5) is 4.39 Å². The molecule has 2 aliphatic heterocycles. The highest BCUT2D eigenvalue weighted by Crippen LogP contribution is 2.22. The van der Waals surface area contributed by atoms with E-state index in [-0.39, 0.29) is 11.9 Å². The SMILES string of the molecule is CC1CN=C(NCC(c2cccc(F)c2)N2CCOCC2)N1. The number of rotatable bonds is 4. The molecule has 3 rings (SSSR count). The van der Waals surface area contributed by atoms with Crippen molar-refractivity contribution >= 4 is 5.96 Å². The van der Waals surface area contributed by atoms with Gasteiger partial charge in [-0.15, -0.1) is 0 Å². The van der Waals surface area contributed by atoms with Crippen molar-refractivity contribution < 1.29 is 9.13 Å². The molecule has 6 heteroatoms. The average Bonchev–Trinajstić information content (AvgIpc) is 2.94. The molecule has 0 radical (unpaired) electrons. The maximum Gasteiger partial charge on any atom is 0.191 e. The highest BCUT2D eigenvalue weighted by Gasteiger charge is 2.24. The molecule has 0 bridgehead atoms. The molecule has 22 heavy (non-hydrogen) atoms. The normalized spacial score (nSPS) is 23.7. The van der Waals surface area contributed by atoms with E-state index in [1.165, 1.54) is 6.07 Å². The zero-order valence-corrected chi connectivity index (χ0v) is 12.9. The second-order valence-corrected chi connectivity index (χ2v) is 5.83. The lowest BCUT2D eigenvalue weighted by atomic mass is 10.0. The van der Waals surface area contributed by atoms with Crippen LogP contribution in [0.15, 0.2) is 29.3 Å². The van der Waals surface area contributed by atoms with Gasteiger partial charge in [0, 0.05) is 25.7 Å². The van der Waals surface area contributed by atoms with Gasteiger partial charge in [-0.1, -0.05) is 12.1 Å². The Labute approximate surface area is 130 Å². The number of benzene rings is 1. The van der Waals surface area contributed by atoms with Crippen LogP contribution in [0, 0.1) is 5.82 Å². The van der Waals surface area contributed by atoms with Crippen molar-refractivity contribution in [1.29, 1.82) is 0 Å². The van der Waals surface area contributed by atoms with Crippen LogP contribution >= 0.6 is 0 Å². The largest absolute Gasteiger partial charge is 0.379 e.